The number of nitrogens with zero attached hydrogens (tertiary/aromatic N) is 1. The summed E-state index contributed by atoms with van der Waals surface area (Å²) in [5, 5.41) is 13.3. The van der Waals surface area contributed by atoms with E-state index >= 15 is 0 Å². The molecule has 1 N–H and O–H groups in total. The van der Waals surface area contributed by atoms with Crippen molar-refractivity contribution in [3.63, 3.8) is 0 Å². The van der Waals surface area contributed by atoms with Gasteiger partial charge in [-0.1, -0.05) is 12.1 Å². The molecule has 1 amide bonds. The topological polar surface area (TPSA) is 134 Å². The highest BCUT2D eigenvalue weighted by Crippen LogP contribution is 2.31. The molecule has 0 unspecified atom stereocenters. The number of hydrogen-bond acceptors (Lipinski definition) is 8. The largest absolute Gasteiger partial charge is 0.490 e. The molecule has 1 aliphatic heterocycles. The molecule has 3 rings (SSSR count). The van der Waals surface area contributed by atoms with E-state index in [0.29, 0.717) is 30.3 Å². The average molecular weight is 428 g/mol. The standard InChI is InChI=1S/C21H20N2O8/c24-17(14-6-8-18-19(12-14)30-11-3-10-29-18)7-9-21(26)31-13-20(25)22-15-4-1-2-5-16(15)23(27)28/h1-2,4-6,8,12H,3,7,9-11,13H2,(H,22,25). The Morgan fingerprint density at radius 1 is 1.03 bits per heavy atom. The molecule has 0 aliphatic carbocycles. The van der Waals surface area contributed by atoms with Crippen molar-refractivity contribution < 1.29 is 33.5 Å². The molecule has 0 saturated heterocycles. The number of benzene rings is 2. The van der Waals surface area contributed by atoms with E-state index in [1.54, 1.807) is 18.2 Å². The van der Waals surface area contributed by atoms with Crippen LogP contribution in [0.15, 0.2) is 42.5 Å². The van der Waals surface area contributed by atoms with Crippen LogP contribution in [0.4, 0.5) is 11.4 Å². The van der Waals surface area contributed by atoms with Gasteiger partial charge < -0.3 is 19.5 Å². The molecule has 0 aromatic heterocycles. The lowest BCUT2D eigenvalue weighted by Gasteiger charge is -2.09. The highest BCUT2D eigenvalue weighted by Gasteiger charge is 2.18. The molecule has 1 aliphatic rings. The van der Waals surface area contributed by atoms with E-state index in [-0.39, 0.29) is 30.0 Å². The van der Waals surface area contributed by atoms with Gasteiger partial charge in [0.05, 0.1) is 24.6 Å². The number of rotatable bonds is 8. The van der Waals surface area contributed by atoms with Crippen LogP contribution < -0.4 is 14.8 Å². The molecular formula is C21H20N2O8. The lowest BCUT2D eigenvalue weighted by atomic mass is 10.1. The van der Waals surface area contributed by atoms with Crippen LogP contribution in [0.5, 0.6) is 11.5 Å². The number of para-hydroxylation sites is 2. The van der Waals surface area contributed by atoms with Crippen LogP contribution >= 0.6 is 0 Å². The molecule has 0 saturated carbocycles. The number of hydrogen-bond donors (Lipinski definition) is 1. The van der Waals surface area contributed by atoms with Crippen molar-refractivity contribution >= 4 is 29.0 Å². The summed E-state index contributed by atoms with van der Waals surface area (Å²) in [6, 6.07) is 10.4. The Balaban J connectivity index is 1.46. The van der Waals surface area contributed by atoms with E-state index in [9.17, 15) is 24.5 Å². The number of ether oxygens (including phenoxy) is 3. The molecule has 2 aromatic rings. The number of nitro groups is 1. The molecule has 10 nitrogen and oxygen atoms in total. The third kappa shape index (κ3) is 6.01. The van der Waals surface area contributed by atoms with Gasteiger partial charge in [-0.05, 0) is 24.3 Å². The van der Waals surface area contributed by atoms with Gasteiger partial charge in [0.15, 0.2) is 23.9 Å². The van der Waals surface area contributed by atoms with Gasteiger partial charge >= 0.3 is 5.97 Å². The van der Waals surface area contributed by atoms with Crippen LogP contribution in [0.2, 0.25) is 0 Å². The summed E-state index contributed by atoms with van der Waals surface area (Å²) >= 11 is 0. The van der Waals surface area contributed by atoms with Crippen LogP contribution in [0.25, 0.3) is 0 Å². The van der Waals surface area contributed by atoms with Crippen molar-refractivity contribution in [2.45, 2.75) is 19.3 Å². The van der Waals surface area contributed by atoms with E-state index in [2.05, 4.69) is 5.32 Å². The predicted molar refractivity (Wildman–Crippen MR) is 108 cm³/mol. The fourth-order valence-corrected chi connectivity index (χ4v) is 2.84. The first-order valence-corrected chi connectivity index (χ1v) is 9.56. The zero-order chi connectivity index (χ0) is 22.2. The highest BCUT2D eigenvalue weighted by atomic mass is 16.6. The normalized spacial score (nSPS) is 12.4. The number of nitro benzene ring substituents is 1. The second-order valence-electron chi connectivity index (χ2n) is 6.62. The van der Waals surface area contributed by atoms with Crippen LogP contribution in [-0.4, -0.2) is 42.4 Å². The Morgan fingerprint density at radius 3 is 2.55 bits per heavy atom. The first-order valence-electron chi connectivity index (χ1n) is 9.56. The zero-order valence-corrected chi connectivity index (χ0v) is 16.5. The average Bonchev–Trinajstić information content (AvgIpc) is 3.01. The van der Waals surface area contributed by atoms with Crippen molar-refractivity contribution in [2.75, 3.05) is 25.1 Å². The number of Topliss-reactive ketones (excluding diaryl/α,β-unsaturated/α-hetero) is 1. The summed E-state index contributed by atoms with van der Waals surface area (Å²) < 4.78 is 15.9. The molecular weight excluding hydrogens is 408 g/mol. The van der Waals surface area contributed by atoms with Crippen LogP contribution in [0.1, 0.15) is 29.6 Å². The summed E-state index contributed by atoms with van der Waals surface area (Å²) in [6.07, 6.45) is 0.422. The van der Waals surface area contributed by atoms with Gasteiger partial charge in [0.1, 0.15) is 5.69 Å². The summed E-state index contributed by atoms with van der Waals surface area (Å²) in [7, 11) is 0. The van der Waals surface area contributed by atoms with E-state index in [0.717, 1.165) is 6.42 Å². The van der Waals surface area contributed by atoms with E-state index in [1.165, 1.54) is 24.3 Å². The number of nitrogens with one attached hydrogen (secondary N) is 1. The lowest BCUT2D eigenvalue weighted by Crippen LogP contribution is -2.21. The van der Waals surface area contributed by atoms with Crippen molar-refractivity contribution in [1.82, 2.24) is 0 Å². The van der Waals surface area contributed by atoms with Gasteiger partial charge in [-0.15, -0.1) is 0 Å². The third-order valence-corrected chi connectivity index (χ3v) is 4.36. The summed E-state index contributed by atoms with van der Waals surface area (Å²) in [4.78, 5) is 46.5. The van der Waals surface area contributed by atoms with E-state index < -0.39 is 23.4 Å². The molecule has 0 fully saturated rings. The Labute approximate surface area is 177 Å². The predicted octanol–water partition coefficient (Wildman–Crippen LogP) is 2.90. The number of carbonyl (C=O) groups excluding carboxylic acids is 3. The number of amides is 1. The van der Waals surface area contributed by atoms with Crippen molar-refractivity contribution in [3.8, 4) is 11.5 Å². The molecule has 0 bridgehead atoms. The molecule has 2 aromatic carbocycles. The van der Waals surface area contributed by atoms with Crippen molar-refractivity contribution in [2.24, 2.45) is 0 Å². The van der Waals surface area contributed by atoms with Crippen LogP contribution in [-0.2, 0) is 14.3 Å². The van der Waals surface area contributed by atoms with E-state index in [1.807, 2.05) is 0 Å². The SMILES string of the molecule is O=C(COC(=O)CCC(=O)c1ccc2c(c1)OCCCO2)Nc1ccccc1[N+](=O)[O-]. The van der Waals surface area contributed by atoms with E-state index in [4.69, 9.17) is 14.2 Å². The number of carbonyl (C=O) groups is 3. The van der Waals surface area contributed by atoms with Gasteiger partial charge in [-0.2, -0.15) is 0 Å². The molecule has 0 spiro atoms. The van der Waals surface area contributed by atoms with Crippen LogP contribution in [0.3, 0.4) is 0 Å². The molecule has 0 atom stereocenters. The number of anilines is 1. The first-order chi connectivity index (χ1) is 14.9. The summed E-state index contributed by atoms with van der Waals surface area (Å²) in [5.74, 6) is -0.690. The highest BCUT2D eigenvalue weighted by molar-refractivity contribution is 5.98. The van der Waals surface area contributed by atoms with Crippen molar-refractivity contribution in [3.05, 3.63) is 58.1 Å². The molecule has 162 valence electrons. The molecule has 31 heavy (non-hydrogen) atoms. The Bertz CT molecular complexity index is 1000. The van der Waals surface area contributed by atoms with Gasteiger partial charge in [0.25, 0.3) is 11.6 Å². The minimum Gasteiger partial charge on any atom is -0.490 e. The second-order valence-corrected chi connectivity index (χ2v) is 6.62. The third-order valence-electron chi connectivity index (χ3n) is 4.36. The summed E-state index contributed by atoms with van der Waals surface area (Å²) in [5.41, 5.74) is 0.104. The molecule has 10 heteroatoms. The van der Waals surface area contributed by atoms with Gasteiger partial charge in [-0.3, -0.25) is 24.5 Å². The maximum atomic E-state index is 12.4. The van der Waals surface area contributed by atoms with Gasteiger partial charge in [0, 0.05) is 24.5 Å². The summed E-state index contributed by atoms with van der Waals surface area (Å²) in [6.45, 7) is 0.408. The quantitative estimate of drug-likeness (QED) is 0.294. The van der Waals surface area contributed by atoms with Gasteiger partial charge in [-0.25, -0.2) is 0 Å². The Kier molecular flexibility index (Phi) is 7.15. The number of esters is 1. The number of ketones is 1. The van der Waals surface area contributed by atoms with Crippen LogP contribution in [0, 0.1) is 10.1 Å². The zero-order valence-electron chi connectivity index (χ0n) is 16.5. The van der Waals surface area contributed by atoms with Gasteiger partial charge in [0.2, 0.25) is 0 Å². The first kappa shape index (κ1) is 21.8. The minimum atomic E-state index is -0.736. The maximum Gasteiger partial charge on any atom is 0.306 e. The minimum absolute atomic E-state index is 0.00173. The monoisotopic (exact) mass is 428 g/mol. The Morgan fingerprint density at radius 2 is 1.77 bits per heavy atom. The smallest absolute Gasteiger partial charge is 0.306 e. The van der Waals surface area contributed by atoms with Crippen molar-refractivity contribution in [1.29, 1.82) is 0 Å². The molecule has 0 radical (unpaired) electrons. The number of fused-ring (bicyclic) bond motifs is 1. The maximum absolute atomic E-state index is 12.4. The second kappa shape index (κ2) is 10.2. The lowest BCUT2D eigenvalue weighted by molar-refractivity contribution is -0.383. The Hall–Kier alpha value is -3.95. The fourth-order valence-electron chi connectivity index (χ4n) is 2.84. The fraction of sp³-hybridized carbons (Fsp3) is 0.286. The molecule has 1 heterocycles.